The van der Waals surface area contributed by atoms with E-state index in [2.05, 4.69) is 19.9 Å². The Kier molecular flexibility index (Phi) is 3.00. The molecule has 98 valence electrons. The lowest BCUT2D eigenvalue weighted by atomic mass is 10.0. The predicted molar refractivity (Wildman–Crippen MR) is 69.1 cm³/mol. The van der Waals surface area contributed by atoms with Crippen molar-refractivity contribution >= 4 is 11.6 Å². The molecule has 1 aromatic rings. The summed E-state index contributed by atoms with van der Waals surface area (Å²) in [6.07, 6.45) is 0.543. The fraction of sp³-hybridized carbons (Fsp3) is 0.571. The van der Waals surface area contributed by atoms with Crippen molar-refractivity contribution in [3.63, 3.8) is 0 Å². The Bertz CT molecular complexity index is 458. The Balaban J connectivity index is 1.89. The van der Waals surface area contributed by atoms with Gasteiger partial charge in [0.25, 0.3) is 0 Å². The summed E-state index contributed by atoms with van der Waals surface area (Å²) in [7, 11) is 0. The maximum Gasteiger partial charge on any atom is 0.188 e. The molecule has 1 saturated heterocycles. The van der Waals surface area contributed by atoms with Crippen LogP contribution >= 0.6 is 11.6 Å². The third kappa shape index (κ3) is 2.11. The highest BCUT2D eigenvalue weighted by atomic mass is 35.5. The zero-order valence-corrected chi connectivity index (χ0v) is 11.4. The summed E-state index contributed by atoms with van der Waals surface area (Å²) < 4.78 is 17.4. The number of alkyl halides is 1. The van der Waals surface area contributed by atoms with E-state index in [0.29, 0.717) is 12.5 Å². The highest BCUT2D eigenvalue weighted by molar-refractivity contribution is 6.18. The largest absolute Gasteiger partial charge is 0.487 e. The molecule has 2 heterocycles. The van der Waals surface area contributed by atoms with Gasteiger partial charge in [-0.25, -0.2) is 0 Å². The molecule has 0 bridgehead atoms. The molecule has 0 aliphatic carbocycles. The van der Waals surface area contributed by atoms with E-state index in [1.54, 1.807) is 0 Å². The van der Waals surface area contributed by atoms with E-state index in [1.165, 1.54) is 5.56 Å². The van der Waals surface area contributed by atoms with Crippen LogP contribution in [0.4, 0.5) is 0 Å². The van der Waals surface area contributed by atoms with E-state index in [1.807, 2.05) is 12.1 Å². The molecule has 0 aromatic heterocycles. The van der Waals surface area contributed by atoms with Crippen molar-refractivity contribution in [1.82, 2.24) is 0 Å². The fourth-order valence-electron chi connectivity index (χ4n) is 2.52. The first kappa shape index (κ1) is 12.3. The average Bonchev–Trinajstić information content (AvgIpc) is 2.89. The number of hydrogen-bond acceptors (Lipinski definition) is 3. The van der Waals surface area contributed by atoms with Crippen LogP contribution in [0.1, 0.15) is 31.3 Å². The van der Waals surface area contributed by atoms with Gasteiger partial charge in [0.05, 0.1) is 24.2 Å². The van der Waals surface area contributed by atoms with E-state index in [-0.39, 0.29) is 18.0 Å². The highest BCUT2D eigenvalue weighted by Crippen LogP contribution is 2.42. The van der Waals surface area contributed by atoms with Gasteiger partial charge in [0.15, 0.2) is 6.29 Å². The standard InChI is InChI=1S/C14H17ClO3/c1-14(2)6-9-4-3-5-11(12(9)18-14)13-16-8-10(7-15)17-13/h3-5,10,13H,6-8H2,1-2H3. The lowest BCUT2D eigenvalue weighted by Crippen LogP contribution is -2.25. The van der Waals surface area contributed by atoms with Gasteiger partial charge in [0, 0.05) is 6.42 Å². The number of ether oxygens (including phenoxy) is 3. The second kappa shape index (κ2) is 4.41. The number of para-hydroxylation sites is 1. The summed E-state index contributed by atoms with van der Waals surface area (Å²) in [5.74, 6) is 1.38. The molecule has 3 nitrogen and oxygen atoms in total. The van der Waals surface area contributed by atoms with Crippen molar-refractivity contribution in [3.05, 3.63) is 29.3 Å². The van der Waals surface area contributed by atoms with Crippen LogP contribution < -0.4 is 4.74 Å². The maximum atomic E-state index is 6.01. The summed E-state index contributed by atoms with van der Waals surface area (Å²) >= 11 is 5.79. The highest BCUT2D eigenvalue weighted by Gasteiger charge is 2.36. The van der Waals surface area contributed by atoms with Gasteiger partial charge in [-0.1, -0.05) is 18.2 Å². The number of rotatable bonds is 2. The van der Waals surface area contributed by atoms with Gasteiger partial charge in [-0.15, -0.1) is 11.6 Å². The molecule has 0 spiro atoms. The summed E-state index contributed by atoms with van der Waals surface area (Å²) in [6.45, 7) is 4.73. The molecular formula is C14H17ClO3. The van der Waals surface area contributed by atoms with Crippen LogP contribution in [-0.4, -0.2) is 24.2 Å². The summed E-state index contributed by atoms with van der Waals surface area (Å²) in [6, 6.07) is 6.13. The quantitative estimate of drug-likeness (QED) is 0.772. The first-order valence-corrected chi connectivity index (χ1v) is 6.76. The normalized spacial score (nSPS) is 29.1. The molecule has 0 saturated carbocycles. The first-order chi connectivity index (χ1) is 8.59. The SMILES string of the molecule is CC1(C)Cc2cccc(C3OCC(CCl)O3)c2O1. The molecule has 0 N–H and O–H groups in total. The van der Waals surface area contributed by atoms with Crippen molar-refractivity contribution in [2.75, 3.05) is 12.5 Å². The smallest absolute Gasteiger partial charge is 0.188 e. The van der Waals surface area contributed by atoms with Crippen molar-refractivity contribution in [1.29, 1.82) is 0 Å². The molecule has 1 fully saturated rings. The van der Waals surface area contributed by atoms with E-state index in [4.69, 9.17) is 25.8 Å². The van der Waals surface area contributed by atoms with Gasteiger partial charge in [0.2, 0.25) is 0 Å². The zero-order chi connectivity index (χ0) is 12.8. The summed E-state index contributed by atoms with van der Waals surface area (Å²) in [5, 5.41) is 0. The molecule has 0 amide bonds. The van der Waals surface area contributed by atoms with Crippen LogP contribution in [0.5, 0.6) is 5.75 Å². The molecule has 18 heavy (non-hydrogen) atoms. The van der Waals surface area contributed by atoms with E-state index in [9.17, 15) is 0 Å². The van der Waals surface area contributed by atoms with E-state index in [0.717, 1.165) is 17.7 Å². The van der Waals surface area contributed by atoms with Gasteiger partial charge in [-0.2, -0.15) is 0 Å². The van der Waals surface area contributed by atoms with E-state index >= 15 is 0 Å². The third-order valence-electron chi connectivity index (χ3n) is 3.30. The van der Waals surface area contributed by atoms with Crippen LogP contribution in [0.25, 0.3) is 0 Å². The number of halogens is 1. The van der Waals surface area contributed by atoms with Crippen molar-refractivity contribution < 1.29 is 14.2 Å². The second-order valence-corrected chi connectivity index (χ2v) is 5.76. The molecule has 0 radical (unpaired) electrons. The monoisotopic (exact) mass is 268 g/mol. The Morgan fingerprint density at radius 3 is 2.94 bits per heavy atom. The van der Waals surface area contributed by atoms with E-state index < -0.39 is 0 Å². The molecule has 2 aliphatic rings. The first-order valence-electron chi connectivity index (χ1n) is 6.23. The van der Waals surface area contributed by atoms with Gasteiger partial charge in [-0.05, 0) is 19.4 Å². The average molecular weight is 269 g/mol. The van der Waals surface area contributed by atoms with Crippen molar-refractivity contribution in [2.45, 2.75) is 38.3 Å². The minimum Gasteiger partial charge on any atom is -0.487 e. The van der Waals surface area contributed by atoms with Crippen LogP contribution in [0.2, 0.25) is 0 Å². The summed E-state index contributed by atoms with van der Waals surface area (Å²) in [5.41, 5.74) is 2.05. The van der Waals surface area contributed by atoms with Crippen LogP contribution in [0.3, 0.4) is 0 Å². The fourth-order valence-corrected chi connectivity index (χ4v) is 2.68. The lowest BCUT2D eigenvalue weighted by Gasteiger charge is -2.19. The van der Waals surface area contributed by atoms with Crippen LogP contribution in [0, 0.1) is 0 Å². The van der Waals surface area contributed by atoms with Gasteiger partial charge < -0.3 is 14.2 Å². The van der Waals surface area contributed by atoms with Gasteiger partial charge in [0.1, 0.15) is 11.4 Å². The second-order valence-electron chi connectivity index (χ2n) is 5.45. The lowest BCUT2D eigenvalue weighted by molar-refractivity contribution is -0.0588. The Morgan fingerprint density at radius 1 is 1.39 bits per heavy atom. The van der Waals surface area contributed by atoms with Crippen molar-refractivity contribution in [2.24, 2.45) is 0 Å². The third-order valence-corrected chi connectivity index (χ3v) is 3.64. The number of fused-ring (bicyclic) bond motifs is 1. The minimum atomic E-state index is -0.349. The topological polar surface area (TPSA) is 27.7 Å². The van der Waals surface area contributed by atoms with Gasteiger partial charge in [-0.3, -0.25) is 0 Å². The molecule has 2 atom stereocenters. The number of hydrogen-bond donors (Lipinski definition) is 0. The molecule has 1 aromatic carbocycles. The maximum absolute atomic E-state index is 6.01. The van der Waals surface area contributed by atoms with Crippen molar-refractivity contribution in [3.8, 4) is 5.75 Å². The Hall–Kier alpha value is -0.770. The Labute approximate surface area is 112 Å². The molecule has 2 unspecified atom stereocenters. The molecular weight excluding hydrogens is 252 g/mol. The number of benzene rings is 1. The molecule has 4 heteroatoms. The zero-order valence-electron chi connectivity index (χ0n) is 10.6. The summed E-state index contributed by atoms with van der Waals surface area (Å²) in [4.78, 5) is 0. The predicted octanol–water partition coefficient (Wildman–Crippen LogP) is 3.05. The van der Waals surface area contributed by atoms with Gasteiger partial charge >= 0.3 is 0 Å². The molecule has 3 rings (SSSR count). The Morgan fingerprint density at radius 2 is 2.22 bits per heavy atom. The van der Waals surface area contributed by atoms with Crippen LogP contribution in [0.15, 0.2) is 18.2 Å². The van der Waals surface area contributed by atoms with Crippen LogP contribution in [-0.2, 0) is 15.9 Å². The minimum absolute atomic E-state index is 0.0260. The molecule has 2 aliphatic heterocycles.